The Labute approximate surface area is 126 Å². The van der Waals surface area contributed by atoms with Crippen LogP contribution >= 0.6 is 0 Å². The molecule has 0 bridgehead atoms. The van der Waals surface area contributed by atoms with Gasteiger partial charge in [-0.25, -0.2) is 0 Å². The Morgan fingerprint density at radius 2 is 1.95 bits per heavy atom. The molecule has 1 atom stereocenters. The quantitative estimate of drug-likeness (QED) is 0.888. The van der Waals surface area contributed by atoms with Gasteiger partial charge < -0.3 is 19.6 Å². The Kier molecular flexibility index (Phi) is 5.59. The minimum atomic E-state index is -0.556. The van der Waals surface area contributed by atoms with Crippen LogP contribution in [-0.4, -0.2) is 60.6 Å². The molecular weight excluding hydrogens is 268 g/mol. The van der Waals surface area contributed by atoms with Crippen LogP contribution in [0.2, 0.25) is 0 Å². The molecule has 1 N–H and O–H groups in total. The first-order valence-electron chi connectivity index (χ1n) is 7.48. The van der Waals surface area contributed by atoms with Crippen LogP contribution in [0.15, 0.2) is 24.3 Å². The third-order valence-electron chi connectivity index (χ3n) is 3.87. The smallest absolute Gasteiger partial charge is 0.260 e. The Bertz CT molecular complexity index is 470. The number of likely N-dealkylation sites (N-methyl/N-ethyl adjacent to an activating group) is 1. The minimum absolute atomic E-state index is 0.00360. The number of ether oxygens (including phenoxy) is 1. The van der Waals surface area contributed by atoms with Crippen molar-refractivity contribution < 1.29 is 14.6 Å². The molecule has 1 aliphatic rings. The number of hydrogen-bond acceptors (Lipinski definition) is 4. The molecular formula is C16H24N2O3. The van der Waals surface area contributed by atoms with Gasteiger partial charge in [-0.15, -0.1) is 0 Å². The third kappa shape index (κ3) is 4.19. The van der Waals surface area contributed by atoms with E-state index in [-0.39, 0.29) is 12.5 Å². The fourth-order valence-electron chi connectivity index (χ4n) is 2.39. The zero-order valence-electron chi connectivity index (χ0n) is 12.8. The molecule has 1 saturated heterocycles. The number of amides is 1. The molecule has 0 radical (unpaired) electrons. The maximum Gasteiger partial charge on any atom is 0.260 e. The summed E-state index contributed by atoms with van der Waals surface area (Å²) in [6, 6.07) is 7.35. The first-order valence-corrected chi connectivity index (χ1v) is 7.48. The van der Waals surface area contributed by atoms with Crippen molar-refractivity contribution in [3.05, 3.63) is 29.8 Å². The highest BCUT2D eigenvalue weighted by molar-refractivity contribution is 5.78. The molecule has 1 amide bonds. The standard InChI is InChI=1S/C16H24N2O3/c1-3-14(19)13-6-4-5-7-15(13)21-12-16(20)18-10-8-17(2)9-11-18/h4-7,14,19H,3,8-12H2,1-2H3/t14-/m1/s1. The molecule has 1 fully saturated rings. The van der Waals surface area contributed by atoms with Crippen molar-refractivity contribution in [1.29, 1.82) is 0 Å². The van der Waals surface area contributed by atoms with Crippen molar-refractivity contribution >= 4 is 5.91 Å². The van der Waals surface area contributed by atoms with Gasteiger partial charge in [-0.3, -0.25) is 4.79 Å². The number of para-hydroxylation sites is 1. The van der Waals surface area contributed by atoms with Crippen LogP contribution in [-0.2, 0) is 4.79 Å². The van der Waals surface area contributed by atoms with E-state index in [9.17, 15) is 9.90 Å². The molecule has 0 unspecified atom stereocenters. The molecule has 2 rings (SSSR count). The van der Waals surface area contributed by atoms with Crippen LogP contribution < -0.4 is 4.74 Å². The number of hydrogen-bond donors (Lipinski definition) is 1. The van der Waals surface area contributed by atoms with E-state index in [0.717, 1.165) is 31.7 Å². The highest BCUT2D eigenvalue weighted by Gasteiger charge is 2.20. The predicted octanol–water partition coefficient (Wildman–Crippen LogP) is 1.28. The molecule has 1 aliphatic heterocycles. The molecule has 0 aliphatic carbocycles. The zero-order valence-corrected chi connectivity index (χ0v) is 12.8. The number of piperazine rings is 1. The van der Waals surface area contributed by atoms with Crippen LogP contribution in [0.25, 0.3) is 0 Å². The summed E-state index contributed by atoms with van der Waals surface area (Å²) in [6.07, 6.45) is 0.0622. The molecule has 0 saturated carbocycles. The van der Waals surface area contributed by atoms with E-state index in [1.807, 2.05) is 30.0 Å². The highest BCUT2D eigenvalue weighted by atomic mass is 16.5. The topological polar surface area (TPSA) is 53.0 Å². The van der Waals surface area contributed by atoms with E-state index >= 15 is 0 Å². The van der Waals surface area contributed by atoms with E-state index in [1.165, 1.54) is 0 Å². The van der Waals surface area contributed by atoms with Gasteiger partial charge in [0.15, 0.2) is 6.61 Å². The number of aliphatic hydroxyl groups excluding tert-OH is 1. The van der Waals surface area contributed by atoms with Crippen molar-refractivity contribution in [2.24, 2.45) is 0 Å². The fourth-order valence-corrected chi connectivity index (χ4v) is 2.39. The zero-order chi connectivity index (χ0) is 15.2. The van der Waals surface area contributed by atoms with Gasteiger partial charge in [0.25, 0.3) is 5.91 Å². The van der Waals surface area contributed by atoms with Crippen LogP contribution in [0.3, 0.4) is 0 Å². The highest BCUT2D eigenvalue weighted by Crippen LogP contribution is 2.26. The number of carbonyl (C=O) groups is 1. The third-order valence-corrected chi connectivity index (χ3v) is 3.87. The van der Waals surface area contributed by atoms with E-state index in [2.05, 4.69) is 11.9 Å². The van der Waals surface area contributed by atoms with Crippen molar-refractivity contribution in [2.45, 2.75) is 19.4 Å². The molecule has 5 nitrogen and oxygen atoms in total. The second kappa shape index (κ2) is 7.43. The summed E-state index contributed by atoms with van der Waals surface area (Å²) in [5.74, 6) is 0.596. The lowest BCUT2D eigenvalue weighted by atomic mass is 10.1. The number of carbonyl (C=O) groups excluding carboxylic acids is 1. The largest absolute Gasteiger partial charge is 0.483 e. The fraction of sp³-hybridized carbons (Fsp3) is 0.562. The Balaban J connectivity index is 1.92. The van der Waals surface area contributed by atoms with Gasteiger partial charge in [0.2, 0.25) is 0 Å². The monoisotopic (exact) mass is 292 g/mol. The van der Waals surface area contributed by atoms with Gasteiger partial charge in [0.1, 0.15) is 5.75 Å². The van der Waals surface area contributed by atoms with E-state index in [4.69, 9.17) is 4.74 Å². The van der Waals surface area contributed by atoms with Crippen LogP contribution in [0.4, 0.5) is 0 Å². The normalized spacial score (nSPS) is 17.6. The predicted molar refractivity (Wildman–Crippen MR) is 81.3 cm³/mol. The summed E-state index contributed by atoms with van der Waals surface area (Å²) in [4.78, 5) is 16.2. The molecule has 1 aromatic carbocycles. The summed E-state index contributed by atoms with van der Waals surface area (Å²) >= 11 is 0. The molecule has 0 spiro atoms. The lowest BCUT2D eigenvalue weighted by Gasteiger charge is -2.32. The van der Waals surface area contributed by atoms with E-state index in [1.54, 1.807) is 6.07 Å². The molecule has 0 aromatic heterocycles. The number of aliphatic hydroxyl groups is 1. The average Bonchev–Trinajstić information content (AvgIpc) is 2.52. The van der Waals surface area contributed by atoms with Crippen molar-refractivity contribution in [1.82, 2.24) is 9.80 Å². The average molecular weight is 292 g/mol. The summed E-state index contributed by atoms with van der Waals surface area (Å²) in [5.41, 5.74) is 0.742. The van der Waals surface area contributed by atoms with Gasteiger partial charge >= 0.3 is 0 Å². The van der Waals surface area contributed by atoms with Crippen molar-refractivity contribution in [2.75, 3.05) is 39.8 Å². The second-order valence-electron chi connectivity index (χ2n) is 5.43. The number of nitrogens with zero attached hydrogens (tertiary/aromatic N) is 2. The van der Waals surface area contributed by atoms with Gasteiger partial charge in [-0.1, -0.05) is 25.1 Å². The molecule has 1 heterocycles. The second-order valence-corrected chi connectivity index (χ2v) is 5.43. The van der Waals surface area contributed by atoms with Crippen molar-refractivity contribution in [3.8, 4) is 5.75 Å². The SMILES string of the molecule is CC[C@@H](O)c1ccccc1OCC(=O)N1CCN(C)CC1. The number of rotatable bonds is 5. The van der Waals surface area contributed by atoms with Crippen LogP contribution in [0.1, 0.15) is 25.0 Å². The summed E-state index contributed by atoms with van der Waals surface area (Å²) in [6.45, 7) is 5.23. The Morgan fingerprint density at radius 1 is 1.29 bits per heavy atom. The number of benzene rings is 1. The first kappa shape index (κ1) is 15.8. The molecule has 5 heteroatoms. The first-order chi connectivity index (χ1) is 10.1. The lowest BCUT2D eigenvalue weighted by Crippen LogP contribution is -2.48. The Morgan fingerprint density at radius 3 is 2.62 bits per heavy atom. The summed E-state index contributed by atoms with van der Waals surface area (Å²) < 4.78 is 5.64. The van der Waals surface area contributed by atoms with Crippen molar-refractivity contribution in [3.63, 3.8) is 0 Å². The maximum atomic E-state index is 12.1. The minimum Gasteiger partial charge on any atom is -0.483 e. The van der Waals surface area contributed by atoms with Crippen LogP contribution in [0, 0.1) is 0 Å². The van der Waals surface area contributed by atoms with Crippen LogP contribution in [0.5, 0.6) is 5.75 Å². The molecule has 21 heavy (non-hydrogen) atoms. The van der Waals surface area contributed by atoms with Gasteiger partial charge in [0.05, 0.1) is 6.10 Å². The Hall–Kier alpha value is -1.59. The lowest BCUT2D eigenvalue weighted by molar-refractivity contribution is -0.134. The maximum absolute atomic E-state index is 12.1. The molecule has 1 aromatic rings. The van der Waals surface area contributed by atoms with E-state index in [0.29, 0.717) is 12.2 Å². The summed E-state index contributed by atoms with van der Waals surface area (Å²) in [5, 5.41) is 9.97. The molecule has 116 valence electrons. The van der Waals surface area contributed by atoms with Gasteiger partial charge in [-0.05, 0) is 19.5 Å². The van der Waals surface area contributed by atoms with E-state index < -0.39 is 6.10 Å². The summed E-state index contributed by atoms with van der Waals surface area (Å²) in [7, 11) is 2.06. The van der Waals surface area contributed by atoms with Gasteiger partial charge in [0, 0.05) is 31.7 Å². The van der Waals surface area contributed by atoms with Gasteiger partial charge in [-0.2, -0.15) is 0 Å².